The zero-order valence-electron chi connectivity index (χ0n) is 4.66. The van der Waals surface area contributed by atoms with Crippen LogP contribution in [0.1, 0.15) is 6.92 Å². The summed E-state index contributed by atoms with van der Waals surface area (Å²) < 4.78 is 0. The highest BCUT2D eigenvalue weighted by Gasteiger charge is 2.49. The van der Waals surface area contributed by atoms with Crippen LogP contribution in [0.25, 0.3) is 0 Å². The van der Waals surface area contributed by atoms with Crippen LogP contribution in [-0.2, 0) is 4.79 Å². The van der Waals surface area contributed by atoms with E-state index in [0.29, 0.717) is 0 Å². The lowest BCUT2D eigenvalue weighted by Gasteiger charge is -1.80. The molecule has 0 aromatic carbocycles. The molecule has 1 aliphatic carbocycles. The molecule has 1 rings (SSSR count). The summed E-state index contributed by atoms with van der Waals surface area (Å²) >= 11 is 0. The third kappa shape index (κ3) is 0.591. The summed E-state index contributed by atoms with van der Waals surface area (Å²) in [5.74, 6) is -0.840. The first-order chi connectivity index (χ1) is 3.64. The molecule has 0 saturated heterocycles. The van der Waals surface area contributed by atoms with Crippen molar-refractivity contribution < 1.29 is 9.90 Å². The summed E-state index contributed by atoms with van der Waals surface area (Å²) in [5, 5.41) is 8.31. The molecule has 0 spiro atoms. The van der Waals surface area contributed by atoms with Crippen molar-refractivity contribution in [1.82, 2.24) is 0 Å². The summed E-state index contributed by atoms with van der Waals surface area (Å²) in [5.41, 5.74) is 5.33. The molecule has 1 aliphatic rings. The van der Waals surface area contributed by atoms with E-state index in [4.69, 9.17) is 10.8 Å². The van der Waals surface area contributed by atoms with Gasteiger partial charge in [0.1, 0.15) is 0 Å². The van der Waals surface area contributed by atoms with Crippen molar-refractivity contribution in [2.75, 3.05) is 0 Å². The van der Waals surface area contributed by atoms with Gasteiger partial charge in [0, 0.05) is 6.04 Å². The minimum absolute atomic E-state index is 0.0903. The minimum Gasteiger partial charge on any atom is -0.481 e. The van der Waals surface area contributed by atoms with Crippen molar-refractivity contribution in [2.45, 2.75) is 13.0 Å². The lowest BCUT2D eigenvalue weighted by Crippen LogP contribution is -2.08. The van der Waals surface area contributed by atoms with Gasteiger partial charge in [-0.2, -0.15) is 0 Å². The quantitative estimate of drug-likeness (QED) is 0.491. The first-order valence-electron chi connectivity index (χ1n) is 2.63. The first-order valence-corrected chi connectivity index (χ1v) is 2.63. The van der Waals surface area contributed by atoms with Crippen molar-refractivity contribution in [3.63, 3.8) is 0 Å². The van der Waals surface area contributed by atoms with E-state index in [9.17, 15) is 4.79 Å². The highest BCUT2D eigenvalue weighted by molar-refractivity contribution is 5.75. The molecule has 0 aliphatic heterocycles. The number of hydrogen-bond acceptors (Lipinski definition) is 2. The van der Waals surface area contributed by atoms with E-state index in [2.05, 4.69) is 0 Å². The van der Waals surface area contributed by atoms with Gasteiger partial charge in [-0.3, -0.25) is 4.79 Å². The molecule has 46 valence electrons. The van der Waals surface area contributed by atoms with Crippen molar-refractivity contribution in [1.29, 1.82) is 0 Å². The smallest absolute Gasteiger partial charge is 0.308 e. The monoisotopic (exact) mass is 115 g/mol. The Kier molecular flexibility index (Phi) is 1.01. The van der Waals surface area contributed by atoms with E-state index >= 15 is 0 Å². The second kappa shape index (κ2) is 1.45. The Morgan fingerprint density at radius 2 is 2.12 bits per heavy atom. The molecule has 8 heavy (non-hydrogen) atoms. The molecular formula is C5H9NO2. The van der Waals surface area contributed by atoms with Crippen LogP contribution in [0.15, 0.2) is 0 Å². The van der Waals surface area contributed by atoms with E-state index < -0.39 is 5.97 Å². The number of carbonyl (C=O) groups is 1. The molecule has 0 aromatic heterocycles. The van der Waals surface area contributed by atoms with Crippen molar-refractivity contribution in [2.24, 2.45) is 17.6 Å². The second-order valence-corrected chi connectivity index (χ2v) is 2.30. The maximum Gasteiger partial charge on any atom is 0.308 e. The van der Waals surface area contributed by atoms with Gasteiger partial charge in [-0.15, -0.1) is 0 Å². The predicted molar refractivity (Wildman–Crippen MR) is 28.3 cm³/mol. The molecule has 3 atom stereocenters. The fourth-order valence-electron chi connectivity index (χ4n) is 0.883. The Labute approximate surface area is 47.5 Å². The predicted octanol–water partition coefficient (Wildman–Crippen LogP) is -0.336. The molecule has 1 fully saturated rings. The van der Waals surface area contributed by atoms with Crippen LogP contribution >= 0.6 is 0 Å². The molecule has 0 radical (unpaired) electrons. The summed E-state index contributed by atoms with van der Waals surface area (Å²) in [6, 6.07) is -0.0903. The number of aliphatic carboxylic acids is 1. The van der Waals surface area contributed by atoms with E-state index in [1.54, 1.807) is 0 Å². The fourth-order valence-corrected chi connectivity index (χ4v) is 0.883. The van der Waals surface area contributed by atoms with E-state index in [1.807, 2.05) is 6.92 Å². The molecular weight excluding hydrogens is 106 g/mol. The van der Waals surface area contributed by atoms with Gasteiger partial charge in [-0.25, -0.2) is 0 Å². The van der Waals surface area contributed by atoms with Crippen LogP contribution in [-0.4, -0.2) is 17.1 Å². The number of hydrogen-bond donors (Lipinski definition) is 2. The average molecular weight is 115 g/mol. The number of nitrogens with two attached hydrogens (primary N) is 1. The van der Waals surface area contributed by atoms with Crippen LogP contribution in [0.4, 0.5) is 0 Å². The standard InChI is InChI=1S/C5H9NO2/c1-2-3(4(2)6)5(7)8/h2-4H,6H2,1H3,(H,7,8)/t2-,3+,4+/m0/s1. The number of carboxylic acids is 1. The molecule has 3 heteroatoms. The SMILES string of the molecule is C[C@@H]1[C@@H](N)[C@@H]1C(=O)O. The van der Waals surface area contributed by atoms with Crippen molar-refractivity contribution in [3.8, 4) is 0 Å². The van der Waals surface area contributed by atoms with Gasteiger partial charge in [-0.05, 0) is 5.92 Å². The molecule has 0 aromatic rings. The Hall–Kier alpha value is -0.570. The number of carboxylic acid groups (broad SMARTS) is 1. The van der Waals surface area contributed by atoms with E-state index in [1.165, 1.54) is 0 Å². The third-order valence-corrected chi connectivity index (χ3v) is 1.73. The highest BCUT2D eigenvalue weighted by atomic mass is 16.4. The lowest BCUT2D eigenvalue weighted by atomic mass is 10.3. The minimum atomic E-state index is -0.759. The van der Waals surface area contributed by atoms with Crippen LogP contribution in [0, 0.1) is 11.8 Å². The van der Waals surface area contributed by atoms with Crippen LogP contribution in [0.2, 0.25) is 0 Å². The first kappa shape index (κ1) is 5.56. The molecule has 3 nitrogen and oxygen atoms in total. The summed E-state index contributed by atoms with van der Waals surface area (Å²) in [6.07, 6.45) is 0. The molecule has 0 bridgehead atoms. The lowest BCUT2D eigenvalue weighted by molar-refractivity contribution is -0.138. The Bertz CT molecular complexity index is 116. The molecule has 0 amide bonds. The topological polar surface area (TPSA) is 63.3 Å². The second-order valence-electron chi connectivity index (χ2n) is 2.30. The van der Waals surface area contributed by atoms with E-state index in [-0.39, 0.29) is 17.9 Å². The van der Waals surface area contributed by atoms with Crippen molar-refractivity contribution in [3.05, 3.63) is 0 Å². The summed E-state index contributed by atoms with van der Waals surface area (Å²) in [4.78, 5) is 10.1. The zero-order valence-corrected chi connectivity index (χ0v) is 4.66. The van der Waals surface area contributed by atoms with Gasteiger partial charge in [0.25, 0.3) is 0 Å². The Balaban J connectivity index is 2.44. The molecule has 3 N–H and O–H groups in total. The normalized spacial score (nSPS) is 44.0. The third-order valence-electron chi connectivity index (χ3n) is 1.73. The summed E-state index contributed by atoms with van der Waals surface area (Å²) in [7, 11) is 0. The van der Waals surface area contributed by atoms with Gasteiger partial charge < -0.3 is 10.8 Å². The van der Waals surface area contributed by atoms with Crippen LogP contribution in [0.5, 0.6) is 0 Å². The summed E-state index contributed by atoms with van der Waals surface area (Å²) in [6.45, 7) is 1.85. The average Bonchev–Trinajstić information content (AvgIpc) is 2.15. The zero-order chi connectivity index (χ0) is 6.31. The fraction of sp³-hybridized carbons (Fsp3) is 0.800. The van der Waals surface area contributed by atoms with Crippen LogP contribution < -0.4 is 5.73 Å². The van der Waals surface area contributed by atoms with Gasteiger partial charge in [0.15, 0.2) is 0 Å². The van der Waals surface area contributed by atoms with Gasteiger partial charge >= 0.3 is 5.97 Å². The van der Waals surface area contributed by atoms with Gasteiger partial charge in [0.05, 0.1) is 5.92 Å². The molecule has 1 saturated carbocycles. The Morgan fingerprint density at radius 1 is 1.75 bits per heavy atom. The maximum absolute atomic E-state index is 10.1. The maximum atomic E-state index is 10.1. The van der Waals surface area contributed by atoms with Gasteiger partial charge in [-0.1, -0.05) is 6.92 Å². The van der Waals surface area contributed by atoms with E-state index in [0.717, 1.165) is 0 Å². The molecule has 0 heterocycles. The largest absolute Gasteiger partial charge is 0.481 e. The number of rotatable bonds is 1. The van der Waals surface area contributed by atoms with Gasteiger partial charge in [0.2, 0.25) is 0 Å². The molecule has 0 unspecified atom stereocenters. The van der Waals surface area contributed by atoms with Crippen LogP contribution in [0.3, 0.4) is 0 Å². The van der Waals surface area contributed by atoms with Crippen molar-refractivity contribution >= 4 is 5.97 Å². The highest BCUT2D eigenvalue weighted by Crippen LogP contribution is 2.36. The Morgan fingerprint density at radius 3 is 2.12 bits per heavy atom.